The van der Waals surface area contributed by atoms with Crippen molar-refractivity contribution in [2.75, 3.05) is 19.6 Å². The first-order chi connectivity index (χ1) is 8.03. The Balaban J connectivity index is 0.00000162. The molecule has 0 saturated carbocycles. The van der Waals surface area contributed by atoms with Gasteiger partial charge in [0.05, 0.1) is 4.90 Å². The van der Waals surface area contributed by atoms with Gasteiger partial charge in [0.25, 0.3) is 0 Å². The number of nitrogens with one attached hydrogen (secondary N) is 1. The van der Waals surface area contributed by atoms with Crippen LogP contribution in [0.5, 0.6) is 0 Å². The van der Waals surface area contributed by atoms with Crippen LogP contribution in [0.2, 0.25) is 0 Å². The Hall–Kier alpha value is -0.620. The first-order valence-corrected chi connectivity index (χ1v) is 7.25. The van der Waals surface area contributed by atoms with Gasteiger partial charge < -0.3 is 5.32 Å². The Labute approximate surface area is 115 Å². The fourth-order valence-electron chi connectivity index (χ4n) is 2.15. The molecule has 1 heterocycles. The van der Waals surface area contributed by atoms with Gasteiger partial charge in [-0.2, -0.15) is 4.31 Å². The van der Waals surface area contributed by atoms with Crippen molar-refractivity contribution >= 4 is 22.4 Å². The van der Waals surface area contributed by atoms with E-state index in [9.17, 15) is 8.42 Å². The Bertz CT molecular complexity index is 505. The summed E-state index contributed by atoms with van der Waals surface area (Å²) in [7, 11) is -3.35. The maximum absolute atomic E-state index is 12.5. The molecule has 1 atom stereocenters. The van der Waals surface area contributed by atoms with Crippen LogP contribution in [-0.2, 0) is 10.0 Å². The molecule has 0 radical (unpaired) electrons. The number of halogens is 1. The van der Waals surface area contributed by atoms with E-state index in [1.165, 1.54) is 0 Å². The molecule has 1 aliphatic rings. The number of sulfonamides is 1. The minimum Gasteiger partial charge on any atom is -0.314 e. The fourth-order valence-corrected chi connectivity index (χ4v) is 4.01. The van der Waals surface area contributed by atoms with Crippen molar-refractivity contribution < 1.29 is 8.42 Å². The molecular weight excluding hydrogens is 272 g/mol. The molecule has 1 N–H and O–H groups in total. The molecule has 1 fully saturated rings. The maximum Gasteiger partial charge on any atom is 0.243 e. The molecular formula is C12H19ClN2O2S. The Kier molecular flexibility index (Phi) is 5.16. The van der Waals surface area contributed by atoms with Gasteiger partial charge in [-0.3, -0.25) is 0 Å². The first-order valence-electron chi connectivity index (χ1n) is 5.81. The molecule has 1 saturated heterocycles. The van der Waals surface area contributed by atoms with Crippen LogP contribution in [0, 0.1) is 6.92 Å². The maximum atomic E-state index is 12.5. The standard InChI is InChI=1S/C12H18N2O2S.ClH/c1-10-5-3-4-6-12(10)17(15,16)14-8-7-13-9-11(14)2;/h3-6,11,13H,7-9H2,1-2H3;1H/t11-;/m0./s1. The van der Waals surface area contributed by atoms with Crippen LogP contribution in [0.15, 0.2) is 29.2 Å². The van der Waals surface area contributed by atoms with Gasteiger partial charge in [-0.25, -0.2) is 8.42 Å². The highest BCUT2D eigenvalue weighted by molar-refractivity contribution is 7.89. The van der Waals surface area contributed by atoms with Gasteiger partial charge in [0, 0.05) is 25.7 Å². The second kappa shape index (κ2) is 6.02. The molecule has 6 heteroatoms. The van der Waals surface area contributed by atoms with E-state index >= 15 is 0 Å². The van der Waals surface area contributed by atoms with E-state index < -0.39 is 10.0 Å². The van der Waals surface area contributed by atoms with Crippen molar-refractivity contribution in [3.05, 3.63) is 29.8 Å². The summed E-state index contributed by atoms with van der Waals surface area (Å²) in [5.41, 5.74) is 0.804. The summed E-state index contributed by atoms with van der Waals surface area (Å²) in [6.45, 7) is 5.74. The number of nitrogens with zero attached hydrogens (tertiary/aromatic N) is 1. The lowest BCUT2D eigenvalue weighted by Crippen LogP contribution is -2.52. The third-order valence-corrected chi connectivity index (χ3v) is 5.29. The lowest BCUT2D eigenvalue weighted by Gasteiger charge is -2.33. The minimum atomic E-state index is -3.35. The van der Waals surface area contributed by atoms with E-state index in [1.807, 2.05) is 26.0 Å². The van der Waals surface area contributed by atoms with E-state index in [0.717, 1.165) is 12.1 Å². The third-order valence-electron chi connectivity index (χ3n) is 3.12. The number of hydrogen-bond acceptors (Lipinski definition) is 3. The lowest BCUT2D eigenvalue weighted by molar-refractivity contribution is 0.283. The molecule has 18 heavy (non-hydrogen) atoms. The normalized spacial score (nSPS) is 21.3. The molecule has 0 spiro atoms. The summed E-state index contributed by atoms with van der Waals surface area (Å²) in [4.78, 5) is 0.425. The molecule has 1 aliphatic heterocycles. The summed E-state index contributed by atoms with van der Waals surface area (Å²) in [6, 6.07) is 7.15. The highest BCUT2D eigenvalue weighted by atomic mass is 35.5. The largest absolute Gasteiger partial charge is 0.314 e. The van der Waals surface area contributed by atoms with Crippen molar-refractivity contribution in [1.82, 2.24) is 9.62 Å². The molecule has 2 rings (SSSR count). The van der Waals surface area contributed by atoms with Crippen LogP contribution >= 0.6 is 12.4 Å². The summed E-state index contributed by atoms with van der Waals surface area (Å²) in [5.74, 6) is 0. The zero-order valence-corrected chi connectivity index (χ0v) is 12.2. The molecule has 0 aromatic heterocycles. The smallest absolute Gasteiger partial charge is 0.243 e. The van der Waals surface area contributed by atoms with Gasteiger partial charge in [0.15, 0.2) is 0 Å². The molecule has 1 aromatic carbocycles. The zero-order valence-electron chi connectivity index (χ0n) is 10.6. The number of hydrogen-bond donors (Lipinski definition) is 1. The molecule has 0 bridgehead atoms. The van der Waals surface area contributed by atoms with Gasteiger partial charge in [-0.15, -0.1) is 12.4 Å². The van der Waals surface area contributed by atoms with Crippen LogP contribution in [0.1, 0.15) is 12.5 Å². The van der Waals surface area contributed by atoms with E-state index in [2.05, 4.69) is 5.32 Å². The van der Waals surface area contributed by atoms with Crippen LogP contribution < -0.4 is 5.32 Å². The van der Waals surface area contributed by atoms with Gasteiger partial charge in [-0.1, -0.05) is 18.2 Å². The zero-order chi connectivity index (χ0) is 12.5. The van der Waals surface area contributed by atoms with E-state index in [0.29, 0.717) is 18.0 Å². The third kappa shape index (κ3) is 2.85. The molecule has 1 aromatic rings. The van der Waals surface area contributed by atoms with Crippen molar-refractivity contribution in [3.8, 4) is 0 Å². The summed E-state index contributed by atoms with van der Waals surface area (Å²) in [6.07, 6.45) is 0. The lowest BCUT2D eigenvalue weighted by atomic mass is 10.2. The number of rotatable bonds is 2. The number of aryl methyl sites for hydroxylation is 1. The highest BCUT2D eigenvalue weighted by Gasteiger charge is 2.31. The monoisotopic (exact) mass is 290 g/mol. The van der Waals surface area contributed by atoms with Crippen LogP contribution in [0.3, 0.4) is 0 Å². The topological polar surface area (TPSA) is 49.4 Å². The van der Waals surface area contributed by atoms with Crippen molar-refractivity contribution in [2.24, 2.45) is 0 Å². The van der Waals surface area contributed by atoms with Gasteiger partial charge >= 0.3 is 0 Å². The predicted molar refractivity (Wildman–Crippen MR) is 74.7 cm³/mol. The van der Waals surface area contributed by atoms with Crippen molar-refractivity contribution in [2.45, 2.75) is 24.8 Å². The summed E-state index contributed by atoms with van der Waals surface area (Å²) in [5, 5.41) is 3.20. The van der Waals surface area contributed by atoms with Gasteiger partial charge in [0.2, 0.25) is 10.0 Å². The van der Waals surface area contributed by atoms with Crippen LogP contribution in [0.4, 0.5) is 0 Å². The molecule has 0 unspecified atom stereocenters. The molecule has 0 aliphatic carbocycles. The van der Waals surface area contributed by atoms with Crippen molar-refractivity contribution in [3.63, 3.8) is 0 Å². The second-order valence-corrected chi connectivity index (χ2v) is 6.29. The summed E-state index contributed by atoms with van der Waals surface area (Å²) >= 11 is 0. The highest BCUT2D eigenvalue weighted by Crippen LogP contribution is 2.21. The molecule has 4 nitrogen and oxygen atoms in total. The first kappa shape index (κ1) is 15.4. The quantitative estimate of drug-likeness (QED) is 0.896. The molecule has 102 valence electrons. The minimum absolute atomic E-state index is 0. The average Bonchev–Trinajstić information content (AvgIpc) is 2.29. The van der Waals surface area contributed by atoms with Crippen LogP contribution in [-0.4, -0.2) is 38.4 Å². The fraction of sp³-hybridized carbons (Fsp3) is 0.500. The van der Waals surface area contributed by atoms with Gasteiger partial charge in [0.1, 0.15) is 0 Å². The van der Waals surface area contributed by atoms with Crippen molar-refractivity contribution in [1.29, 1.82) is 0 Å². The Morgan fingerprint density at radius 1 is 1.33 bits per heavy atom. The Morgan fingerprint density at radius 2 is 2.00 bits per heavy atom. The SMILES string of the molecule is Cc1ccccc1S(=O)(=O)N1CCNC[C@@H]1C.Cl. The van der Waals surface area contributed by atoms with E-state index in [-0.39, 0.29) is 18.4 Å². The van der Waals surface area contributed by atoms with Crippen LogP contribution in [0.25, 0.3) is 0 Å². The molecule has 0 amide bonds. The number of benzene rings is 1. The summed E-state index contributed by atoms with van der Waals surface area (Å²) < 4.78 is 26.6. The number of piperazine rings is 1. The Morgan fingerprint density at radius 3 is 2.61 bits per heavy atom. The van der Waals surface area contributed by atoms with Gasteiger partial charge in [-0.05, 0) is 25.5 Å². The predicted octanol–water partition coefficient (Wildman–Crippen LogP) is 1.40. The second-order valence-electron chi connectivity index (χ2n) is 4.43. The van der Waals surface area contributed by atoms with E-state index in [4.69, 9.17) is 0 Å². The average molecular weight is 291 g/mol. The van der Waals surface area contributed by atoms with E-state index in [1.54, 1.807) is 16.4 Å².